The van der Waals surface area contributed by atoms with Crippen LogP contribution in [0, 0.1) is 17.8 Å². The molecule has 0 saturated carbocycles. The lowest BCUT2D eigenvalue weighted by Crippen LogP contribution is -2.14. The van der Waals surface area contributed by atoms with E-state index < -0.39 is 0 Å². The molecule has 0 heterocycles. The van der Waals surface area contributed by atoms with Gasteiger partial charge >= 0.3 is 0 Å². The minimum Gasteiger partial charge on any atom is -0.0925 e. The highest BCUT2D eigenvalue weighted by Crippen LogP contribution is 2.24. The van der Waals surface area contributed by atoms with Crippen molar-refractivity contribution in [3.63, 3.8) is 0 Å². The van der Waals surface area contributed by atoms with Crippen molar-refractivity contribution in [2.75, 3.05) is 5.33 Å². The Morgan fingerprint density at radius 1 is 1.18 bits per heavy atom. The zero-order chi connectivity index (χ0) is 8.85. The largest absolute Gasteiger partial charge is 0.0925 e. The molecule has 68 valence electrons. The van der Waals surface area contributed by atoms with E-state index in [9.17, 15) is 0 Å². The van der Waals surface area contributed by atoms with Crippen molar-refractivity contribution >= 4 is 15.9 Å². The fourth-order valence-corrected chi connectivity index (χ4v) is 2.70. The van der Waals surface area contributed by atoms with E-state index >= 15 is 0 Å². The molecule has 0 bridgehead atoms. The van der Waals surface area contributed by atoms with Gasteiger partial charge in [-0.1, -0.05) is 50.0 Å². The van der Waals surface area contributed by atoms with Gasteiger partial charge in [0, 0.05) is 5.33 Å². The van der Waals surface area contributed by atoms with E-state index in [0.717, 1.165) is 23.1 Å². The molecule has 0 aromatic rings. The van der Waals surface area contributed by atoms with Crippen molar-refractivity contribution in [3.8, 4) is 0 Å². The van der Waals surface area contributed by atoms with Gasteiger partial charge in [0.05, 0.1) is 0 Å². The summed E-state index contributed by atoms with van der Waals surface area (Å²) in [6.45, 7) is 9.26. The van der Waals surface area contributed by atoms with Crippen LogP contribution in [0.3, 0.4) is 0 Å². The number of rotatable bonds is 5. The Bertz CT molecular complexity index is 84.9. The third-order valence-corrected chi connectivity index (χ3v) is 3.20. The number of hydrogen-bond acceptors (Lipinski definition) is 0. The summed E-state index contributed by atoms with van der Waals surface area (Å²) in [6, 6.07) is 0. The second-order valence-corrected chi connectivity index (χ2v) is 4.58. The molecule has 0 saturated heterocycles. The Labute approximate surface area is 79.9 Å². The Morgan fingerprint density at radius 3 is 2.00 bits per heavy atom. The van der Waals surface area contributed by atoms with E-state index in [1.165, 1.54) is 12.8 Å². The van der Waals surface area contributed by atoms with Crippen molar-refractivity contribution in [2.24, 2.45) is 17.8 Å². The minimum absolute atomic E-state index is 0.845. The summed E-state index contributed by atoms with van der Waals surface area (Å²) in [6.07, 6.45) is 2.67. The van der Waals surface area contributed by atoms with E-state index in [2.05, 4.69) is 43.6 Å². The molecule has 0 radical (unpaired) electrons. The van der Waals surface area contributed by atoms with Gasteiger partial charge < -0.3 is 0 Å². The monoisotopic (exact) mass is 220 g/mol. The van der Waals surface area contributed by atoms with E-state index in [1.807, 2.05) is 0 Å². The van der Waals surface area contributed by atoms with Crippen LogP contribution < -0.4 is 0 Å². The van der Waals surface area contributed by atoms with Gasteiger partial charge in [0.1, 0.15) is 0 Å². The first kappa shape index (κ1) is 11.5. The summed E-state index contributed by atoms with van der Waals surface area (Å²) in [7, 11) is 0. The molecular formula is C10H21Br. The molecule has 0 N–H and O–H groups in total. The Balaban J connectivity index is 3.68. The van der Waals surface area contributed by atoms with Gasteiger partial charge in [0.25, 0.3) is 0 Å². The molecule has 0 aromatic carbocycles. The first-order valence-electron chi connectivity index (χ1n) is 4.67. The predicted molar refractivity (Wildman–Crippen MR) is 56.2 cm³/mol. The Kier molecular flexibility index (Phi) is 6.31. The van der Waals surface area contributed by atoms with Gasteiger partial charge in [0.2, 0.25) is 0 Å². The second-order valence-electron chi connectivity index (χ2n) is 3.93. The molecule has 0 aliphatic rings. The highest BCUT2D eigenvalue weighted by molar-refractivity contribution is 9.09. The van der Waals surface area contributed by atoms with Gasteiger partial charge in [-0.25, -0.2) is 0 Å². The molecule has 0 aliphatic carbocycles. The van der Waals surface area contributed by atoms with E-state index in [1.54, 1.807) is 0 Å². The van der Waals surface area contributed by atoms with Crippen molar-refractivity contribution in [2.45, 2.75) is 40.5 Å². The lowest BCUT2D eigenvalue weighted by Gasteiger charge is -2.21. The molecule has 0 rings (SSSR count). The molecule has 0 fully saturated rings. The third-order valence-electron chi connectivity index (χ3n) is 2.37. The van der Waals surface area contributed by atoms with Crippen LogP contribution >= 0.6 is 15.9 Å². The molecule has 0 aromatic heterocycles. The van der Waals surface area contributed by atoms with Gasteiger partial charge in [0.15, 0.2) is 0 Å². The Morgan fingerprint density at radius 2 is 1.73 bits per heavy atom. The average molecular weight is 221 g/mol. The molecule has 0 spiro atoms. The van der Waals surface area contributed by atoms with Crippen LogP contribution in [0.4, 0.5) is 0 Å². The summed E-state index contributed by atoms with van der Waals surface area (Å²) in [4.78, 5) is 0. The lowest BCUT2D eigenvalue weighted by atomic mass is 9.87. The molecule has 2 unspecified atom stereocenters. The fourth-order valence-electron chi connectivity index (χ4n) is 1.60. The maximum absolute atomic E-state index is 3.57. The molecule has 2 atom stereocenters. The van der Waals surface area contributed by atoms with Crippen LogP contribution in [0.2, 0.25) is 0 Å². The van der Waals surface area contributed by atoms with Crippen LogP contribution in [-0.2, 0) is 0 Å². The maximum Gasteiger partial charge on any atom is 0.00621 e. The van der Waals surface area contributed by atoms with Crippen molar-refractivity contribution in [1.29, 1.82) is 0 Å². The van der Waals surface area contributed by atoms with Gasteiger partial charge in [-0.2, -0.15) is 0 Å². The normalized spacial score (nSPS) is 16.9. The van der Waals surface area contributed by atoms with Crippen LogP contribution in [0.1, 0.15) is 40.5 Å². The van der Waals surface area contributed by atoms with Crippen molar-refractivity contribution in [1.82, 2.24) is 0 Å². The molecular weight excluding hydrogens is 200 g/mol. The summed E-state index contributed by atoms with van der Waals surface area (Å²) >= 11 is 3.57. The van der Waals surface area contributed by atoms with Crippen molar-refractivity contribution in [3.05, 3.63) is 0 Å². The number of alkyl halides is 1. The Hall–Kier alpha value is 0.480. The maximum atomic E-state index is 3.57. The topological polar surface area (TPSA) is 0 Å². The van der Waals surface area contributed by atoms with E-state index in [4.69, 9.17) is 0 Å². The smallest absolute Gasteiger partial charge is 0.00621 e. The lowest BCUT2D eigenvalue weighted by molar-refractivity contribution is 0.323. The van der Waals surface area contributed by atoms with Crippen LogP contribution in [0.25, 0.3) is 0 Å². The number of halogens is 1. The highest BCUT2D eigenvalue weighted by Gasteiger charge is 2.14. The highest BCUT2D eigenvalue weighted by atomic mass is 79.9. The third kappa shape index (κ3) is 4.84. The molecule has 0 aliphatic heterocycles. The quantitative estimate of drug-likeness (QED) is 0.613. The zero-order valence-corrected chi connectivity index (χ0v) is 9.82. The first-order valence-corrected chi connectivity index (χ1v) is 5.79. The second kappa shape index (κ2) is 6.05. The zero-order valence-electron chi connectivity index (χ0n) is 8.23. The van der Waals surface area contributed by atoms with Crippen molar-refractivity contribution < 1.29 is 0 Å². The predicted octanol–water partition coefficient (Wildman–Crippen LogP) is 4.09. The summed E-state index contributed by atoms with van der Waals surface area (Å²) in [5.74, 6) is 2.59. The van der Waals surface area contributed by atoms with Crippen LogP contribution in [0.15, 0.2) is 0 Å². The fraction of sp³-hybridized carbons (Fsp3) is 1.00. The number of hydrogen-bond donors (Lipinski definition) is 0. The summed E-state index contributed by atoms with van der Waals surface area (Å²) < 4.78 is 0. The first-order chi connectivity index (χ1) is 5.11. The molecule has 0 nitrogen and oxygen atoms in total. The molecule has 1 heteroatoms. The molecule has 11 heavy (non-hydrogen) atoms. The SMILES string of the molecule is CCC(CBr)C(C)CC(C)C. The minimum atomic E-state index is 0.845. The van der Waals surface area contributed by atoms with Gasteiger partial charge in [-0.05, 0) is 24.2 Å². The van der Waals surface area contributed by atoms with E-state index in [-0.39, 0.29) is 0 Å². The average Bonchev–Trinajstić information content (AvgIpc) is 1.88. The van der Waals surface area contributed by atoms with Crippen LogP contribution in [-0.4, -0.2) is 5.33 Å². The van der Waals surface area contributed by atoms with Crippen LogP contribution in [0.5, 0.6) is 0 Å². The van der Waals surface area contributed by atoms with E-state index in [0.29, 0.717) is 0 Å². The summed E-state index contributed by atoms with van der Waals surface area (Å²) in [5, 5.41) is 1.16. The standard InChI is InChI=1S/C10H21Br/c1-5-10(7-11)9(4)6-8(2)3/h8-10H,5-7H2,1-4H3. The summed E-state index contributed by atoms with van der Waals surface area (Å²) in [5.41, 5.74) is 0. The van der Waals surface area contributed by atoms with Gasteiger partial charge in [-0.15, -0.1) is 0 Å². The van der Waals surface area contributed by atoms with Gasteiger partial charge in [-0.3, -0.25) is 0 Å². The molecule has 0 amide bonds.